The van der Waals surface area contributed by atoms with Crippen molar-refractivity contribution in [3.63, 3.8) is 0 Å². The largest absolute Gasteiger partial charge is 0.316 e. The maximum Gasteiger partial charge on any atom is 0.0624 e. The van der Waals surface area contributed by atoms with E-state index in [0.29, 0.717) is 6.04 Å². The summed E-state index contributed by atoms with van der Waals surface area (Å²) in [5, 5.41) is 8.07. The van der Waals surface area contributed by atoms with E-state index < -0.39 is 0 Å². The lowest BCUT2D eigenvalue weighted by molar-refractivity contribution is 0.438. The average molecular weight is 253 g/mol. The molecule has 1 aromatic rings. The van der Waals surface area contributed by atoms with Crippen LogP contribution >= 0.6 is 11.8 Å². The molecule has 2 rings (SSSR count). The van der Waals surface area contributed by atoms with Crippen molar-refractivity contribution in [3.8, 4) is 0 Å². The molecule has 96 valence electrons. The smallest absolute Gasteiger partial charge is 0.0624 e. The van der Waals surface area contributed by atoms with Crippen molar-refractivity contribution >= 4 is 11.8 Å². The molecule has 1 aliphatic rings. The molecule has 0 amide bonds. The molecule has 0 aromatic carbocycles. The molecule has 3 nitrogen and oxygen atoms in total. The van der Waals surface area contributed by atoms with E-state index in [-0.39, 0.29) is 0 Å². The molecule has 0 radical (unpaired) electrons. The van der Waals surface area contributed by atoms with Crippen molar-refractivity contribution in [2.45, 2.75) is 39.3 Å². The highest BCUT2D eigenvalue weighted by atomic mass is 32.2. The van der Waals surface area contributed by atoms with Crippen LogP contribution in [-0.4, -0.2) is 34.4 Å². The molecular formula is C13H23N3S. The summed E-state index contributed by atoms with van der Waals surface area (Å²) in [5.41, 5.74) is 2.64. The van der Waals surface area contributed by atoms with Crippen LogP contribution in [0, 0.1) is 5.92 Å². The van der Waals surface area contributed by atoms with Gasteiger partial charge in [-0.05, 0) is 44.6 Å². The van der Waals surface area contributed by atoms with Crippen LogP contribution in [0.4, 0.5) is 0 Å². The molecule has 0 spiro atoms. The first-order valence-corrected chi connectivity index (χ1v) is 7.74. The Balaban J connectivity index is 2.09. The van der Waals surface area contributed by atoms with Crippen molar-refractivity contribution in [2.24, 2.45) is 5.92 Å². The Bertz CT molecular complexity index is 362. The van der Waals surface area contributed by atoms with Crippen LogP contribution in [0.25, 0.3) is 0 Å². The molecule has 17 heavy (non-hydrogen) atoms. The molecule has 1 saturated heterocycles. The predicted molar refractivity (Wildman–Crippen MR) is 74.6 cm³/mol. The lowest BCUT2D eigenvalue weighted by Gasteiger charge is -2.18. The van der Waals surface area contributed by atoms with Crippen LogP contribution in [0.15, 0.2) is 6.07 Å². The Morgan fingerprint density at radius 3 is 2.94 bits per heavy atom. The second-order valence-electron chi connectivity index (χ2n) is 4.69. The fourth-order valence-electron chi connectivity index (χ4n) is 2.51. The number of hydrogen-bond donors (Lipinski definition) is 1. The molecular weight excluding hydrogens is 230 g/mol. The highest BCUT2D eigenvalue weighted by Gasteiger charge is 2.27. The van der Waals surface area contributed by atoms with Gasteiger partial charge in [-0.25, -0.2) is 0 Å². The topological polar surface area (TPSA) is 29.9 Å². The minimum atomic E-state index is 0.672. The molecule has 1 fully saturated rings. The number of thioether (sulfide) groups is 1. The third-order valence-corrected chi connectivity index (χ3v) is 4.87. The summed E-state index contributed by atoms with van der Waals surface area (Å²) in [6.45, 7) is 5.34. The first-order valence-electron chi connectivity index (χ1n) is 6.59. The number of hydrogen-bond acceptors (Lipinski definition) is 3. The Morgan fingerprint density at radius 2 is 2.29 bits per heavy atom. The third-order valence-electron chi connectivity index (χ3n) is 3.62. The van der Waals surface area contributed by atoms with Crippen molar-refractivity contribution in [1.82, 2.24) is 15.1 Å². The zero-order valence-corrected chi connectivity index (χ0v) is 11.9. The highest BCUT2D eigenvalue weighted by molar-refractivity contribution is 7.99. The van der Waals surface area contributed by atoms with Crippen LogP contribution in [0.1, 0.15) is 25.2 Å². The predicted octanol–water partition coefficient (Wildman–Crippen LogP) is 1.96. The SMILES string of the molecule is CCc1cc(CC2CSCC2NC)n(CC)n1. The summed E-state index contributed by atoms with van der Waals surface area (Å²) < 4.78 is 2.18. The van der Waals surface area contributed by atoms with Gasteiger partial charge in [0.1, 0.15) is 0 Å². The van der Waals surface area contributed by atoms with Gasteiger partial charge in [-0.1, -0.05) is 6.92 Å². The molecule has 2 atom stereocenters. The minimum Gasteiger partial charge on any atom is -0.316 e. The second-order valence-corrected chi connectivity index (χ2v) is 5.77. The molecule has 0 aliphatic carbocycles. The van der Waals surface area contributed by atoms with E-state index in [1.54, 1.807) is 0 Å². The van der Waals surface area contributed by atoms with E-state index in [0.717, 1.165) is 18.9 Å². The third kappa shape index (κ3) is 2.86. The number of aromatic nitrogens is 2. The van der Waals surface area contributed by atoms with Crippen LogP contribution < -0.4 is 5.32 Å². The van der Waals surface area contributed by atoms with E-state index in [9.17, 15) is 0 Å². The fraction of sp³-hybridized carbons (Fsp3) is 0.769. The van der Waals surface area contributed by atoms with Crippen molar-refractivity contribution in [2.75, 3.05) is 18.6 Å². The van der Waals surface area contributed by atoms with Crippen LogP contribution in [0.2, 0.25) is 0 Å². The van der Waals surface area contributed by atoms with Gasteiger partial charge >= 0.3 is 0 Å². The monoisotopic (exact) mass is 253 g/mol. The first-order chi connectivity index (χ1) is 8.28. The maximum atomic E-state index is 4.63. The van der Waals surface area contributed by atoms with Crippen molar-refractivity contribution < 1.29 is 0 Å². The van der Waals surface area contributed by atoms with Gasteiger partial charge in [0.25, 0.3) is 0 Å². The highest BCUT2D eigenvalue weighted by Crippen LogP contribution is 2.27. The Morgan fingerprint density at radius 1 is 1.47 bits per heavy atom. The van der Waals surface area contributed by atoms with Gasteiger partial charge in [0, 0.05) is 24.0 Å². The Labute approximate surface area is 108 Å². The van der Waals surface area contributed by atoms with Gasteiger partial charge in [0.05, 0.1) is 5.69 Å². The zero-order chi connectivity index (χ0) is 12.3. The zero-order valence-electron chi connectivity index (χ0n) is 11.1. The lowest BCUT2D eigenvalue weighted by atomic mass is 9.98. The summed E-state index contributed by atoms with van der Waals surface area (Å²) in [4.78, 5) is 0. The number of rotatable bonds is 5. The van der Waals surface area contributed by atoms with E-state index in [1.165, 1.54) is 29.3 Å². The molecule has 1 aromatic heterocycles. The van der Waals surface area contributed by atoms with Gasteiger partial charge in [0.2, 0.25) is 0 Å². The second kappa shape index (κ2) is 5.91. The summed E-state index contributed by atoms with van der Waals surface area (Å²) >= 11 is 2.07. The van der Waals surface area contributed by atoms with Gasteiger partial charge in [-0.2, -0.15) is 16.9 Å². The molecule has 4 heteroatoms. The van der Waals surface area contributed by atoms with Gasteiger partial charge in [0.15, 0.2) is 0 Å². The van der Waals surface area contributed by atoms with E-state index in [2.05, 4.69) is 53.8 Å². The van der Waals surface area contributed by atoms with Crippen LogP contribution in [-0.2, 0) is 19.4 Å². The summed E-state index contributed by atoms with van der Waals surface area (Å²) in [6, 6.07) is 2.96. The molecule has 0 bridgehead atoms. The van der Waals surface area contributed by atoms with E-state index >= 15 is 0 Å². The van der Waals surface area contributed by atoms with E-state index in [4.69, 9.17) is 0 Å². The number of nitrogens with zero attached hydrogens (tertiary/aromatic N) is 2. The molecule has 1 aliphatic heterocycles. The number of nitrogens with one attached hydrogen (secondary N) is 1. The normalized spacial score (nSPS) is 24.4. The van der Waals surface area contributed by atoms with Crippen molar-refractivity contribution in [3.05, 3.63) is 17.5 Å². The Kier molecular flexibility index (Phi) is 4.51. The standard InChI is InChI=1S/C13H23N3S/c1-4-11-7-12(16(5-2)15-11)6-10-8-17-9-13(10)14-3/h7,10,13-14H,4-6,8-9H2,1-3H3. The molecule has 2 heterocycles. The van der Waals surface area contributed by atoms with Crippen LogP contribution in [0.3, 0.4) is 0 Å². The summed E-state index contributed by atoms with van der Waals surface area (Å²) in [7, 11) is 2.08. The molecule has 1 N–H and O–H groups in total. The van der Waals surface area contributed by atoms with Gasteiger partial charge in [-0.3, -0.25) is 4.68 Å². The quantitative estimate of drug-likeness (QED) is 0.870. The number of aryl methyl sites for hydroxylation is 2. The minimum absolute atomic E-state index is 0.672. The van der Waals surface area contributed by atoms with Gasteiger partial charge in [-0.15, -0.1) is 0 Å². The van der Waals surface area contributed by atoms with Crippen LogP contribution in [0.5, 0.6) is 0 Å². The maximum absolute atomic E-state index is 4.63. The summed E-state index contributed by atoms with van der Waals surface area (Å²) in [5.74, 6) is 3.29. The first kappa shape index (κ1) is 13.0. The average Bonchev–Trinajstić information content (AvgIpc) is 2.95. The van der Waals surface area contributed by atoms with Gasteiger partial charge < -0.3 is 5.32 Å². The molecule has 0 saturated carbocycles. The Hall–Kier alpha value is -0.480. The lowest BCUT2D eigenvalue weighted by Crippen LogP contribution is -2.33. The summed E-state index contributed by atoms with van der Waals surface area (Å²) in [6.07, 6.45) is 2.20. The van der Waals surface area contributed by atoms with E-state index in [1.807, 2.05) is 0 Å². The van der Waals surface area contributed by atoms with Crippen molar-refractivity contribution in [1.29, 1.82) is 0 Å². The fourth-order valence-corrected chi connectivity index (χ4v) is 4.00. The molecule has 2 unspecified atom stereocenters.